The van der Waals surface area contributed by atoms with Gasteiger partial charge in [-0.3, -0.25) is 4.79 Å². The van der Waals surface area contributed by atoms with Gasteiger partial charge < -0.3 is 9.73 Å². The van der Waals surface area contributed by atoms with Crippen molar-refractivity contribution < 1.29 is 9.21 Å². The normalized spacial score (nSPS) is 14.5. The molecule has 4 rings (SSSR count). The number of hydrogen-bond acceptors (Lipinski definition) is 6. The van der Waals surface area contributed by atoms with E-state index < -0.39 is 0 Å². The van der Waals surface area contributed by atoms with Gasteiger partial charge in [0, 0.05) is 11.6 Å². The number of carbonyl (C=O) groups excluding carboxylic acids is 1. The van der Waals surface area contributed by atoms with Gasteiger partial charge in [-0.05, 0) is 38.8 Å². The van der Waals surface area contributed by atoms with E-state index in [4.69, 9.17) is 4.42 Å². The van der Waals surface area contributed by atoms with Crippen molar-refractivity contribution in [1.82, 2.24) is 20.0 Å². The number of aryl methyl sites for hydroxylation is 2. The maximum absolute atomic E-state index is 12.4. The fourth-order valence-corrected chi connectivity index (χ4v) is 4.21. The molecule has 1 fully saturated rings. The Kier molecular flexibility index (Phi) is 5.47. The second kappa shape index (κ2) is 8.18. The average molecular weight is 398 g/mol. The second-order valence-electron chi connectivity index (χ2n) is 7.19. The van der Waals surface area contributed by atoms with E-state index in [9.17, 15) is 4.79 Å². The Hall–Kier alpha value is -2.61. The summed E-state index contributed by atoms with van der Waals surface area (Å²) in [4.78, 5) is 12.4. The van der Waals surface area contributed by atoms with Crippen molar-refractivity contribution in [3.8, 4) is 11.5 Å². The minimum Gasteiger partial charge on any atom is -0.411 e. The molecule has 0 atom stereocenters. The van der Waals surface area contributed by atoms with Gasteiger partial charge in [0.2, 0.25) is 11.8 Å². The highest BCUT2D eigenvalue weighted by Crippen LogP contribution is 2.31. The lowest BCUT2D eigenvalue weighted by Gasteiger charge is -2.14. The summed E-state index contributed by atoms with van der Waals surface area (Å²) in [6.07, 6.45) is 6.39. The number of amides is 1. The quantitative estimate of drug-likeness (QED) is 0.621. The molecular formula is C20H23N5O2S. The highest BCUT2D eigenvalue weighted by Gasteiger charge is 2.20. The highest BCUT2D eigenvalue weighted by atomic mass is 32.2. The van der Waals surface area contributed by atoms with Crippen LogP contribution in [-0.4, -0.2) is 31.6 Å². The van der Waals surface area contributed by atoms with Gasteiger partial charge in [-0.1, -0.05) is 41.8 Å². The Morgan fingerprint density at radius 2 is 1.96 bits per heavy atom. The van der Waals surface area contributed by atoms with Gasteiger partial charge >= 0.3 is 0 Å². The van der Waals surface area contributed by atoms with Gasteiger partial charge in [-0.2, -0.15) is 5.10 Å². The molecular weight excluding hydrogens is 374 g/mol. The molecule has 2 aromatic heterocycles. The van der Waals surface area contributed by atoms with Crippen LogP contribution in [0, 0.1) is 13.8 Å². The van der Waals surface area contributed by atoms with Crippen molar-refractivity contribution in [2.45, 2.75) is 50.8 Å². The zero-order valence-electron chi connectivity index (χ0n) is 16.0. The van der Waals surface area contributed by atoms with Crippen molar-refractivity contribution in [2.24, 2.45) is 0 Å². The lowest BCUT2D eigenvalue weighted by molar-refractivity contribution is -0.113. The summed E-state index contributed by atoms with van der Waals surface area (Å²) in [5.74, 6) is 1.30. The van der Waals surface area contributed by atoms with E-state index in [1.807, 2.05) is 36.7 Å². The Balaban J connectivity index is 1.36. The lowest BCUT2D eigenvalue weighted by Crippen LogP contribution is -2.19. The molecule has 28 heavy (non-hydrogen) atoms. The Labute approximate surface area is 167 Å². The van der Waals surface area contributed by atoms with Crippen LogP contribution >= 0.6 is 11.8 Å². The third kappa shape index (κ3) is 4.27. The number of hydrogen-bond donors (Lipinski definition) is 1. The zero-order valence-corrected chi connectivity index (χ0v) is 16.8. The zero-order chi connectivity index (χ0) is 19.5. The maximum Gasteiger partial charge on any atom is 0.277 e. The highest BCUT2D eigenvalue weighted by molar-refractivity contribution is 7.99. The van der Waals surface area contributed by atoms with Crippen LogP contribution < -0.4 is 5.32 Å². The first-order valence-corrected chi connectivity index (χ1v) is 10.5. The minimum atomic E-state index is -0.115. The van der Waals surface area contributed by atoms with E-state index in [1.165, 1.54) is 24.6 Å². The van der Waals surface area contributed by atoms with Crippen LogP contribution in [0.1, 0.15) is 42.9 Å². The fourth-order valence-electron chi connectivity index (χ4n) is 3.64. The summed E-state index contributed by atoms with van der Waals surface area (Å²) in [5, 5.41) is 15.9. The van der Waals surface area contributed by atoms with Crippen molar-refractivity contribution in [3.05, 3.63) is 41.6 Å². The third-order valence-electron chi connectivity index (χ3n) is 4.81. The van der Waals surface area contributed by atoms with E-state index in [-0.39, 0.29) is 11.7 Å². The first kappa shape index (κ1) is 18.7. The molecule has 3 aromatic rings. The summed E-state index contributed by atoms with van der Waals surface area (Å²) < 4.78 is 7.64. The molecule has 1 aromatic carbocycles. The van der Waals surface area contributed by atoms with Crippen LogP contribution in [0.4, 0.5) is 5.82 Å². The first-order chi connectivity index (χ1) is 13.6. The smallest absolute Gasteiger partial charge is 0.277 e. The molecule has 0 radical (unpaired) electrons. The fraction of sp³-hybridized carbons (Fsp3) is 0.400. The summed E-state index contributed by atoms with van der Waals surface area (Å²) in [6.45, 7) is 4.06. The molecule has 1 amide bonds. The maximum atomic E-state index is 12.4. The molecule has 1 aliphatic carbocycles. The van der Waals surface area contributed by atoms with Crippen molar-refractivity contribution in [3.63, 3.8) is 0 Å². The molecule has 1 N–H and O–H groups in total. The molecule has 0 bridgehead atoms. The van der Waals surface area contributed by atoms with Crippen LogP contribution in [0.2, 0.25) is 0 Å². The van der Waals surface area contributed by atoms with Crippen molar-refractivity contribution in [2.75, 3.05) is 11.1 Å². The van der Waals surface area contributed by atoms with Crippen molar-refractivity contribution in [1.29, 1.82) is 0 Å². The molecule has 2 heterocycles. The number of thioether (sulfide) groups is 1. The molecule has 0 aliphatic heterocycles. The van der Waals surface area contributed by atoms with Crippen LogP contribution in [0.15, 0.2) is 40.1 Å². The Morgan fingerprint density at radius 3 is 2.71 bits per heavy atom. The van der Waals surface area contributed by atoms with Gasteiger partial charge in [-0.25, -0.2) is 4.68 Å². The summed E-state index contributed by atoms with van der Waals surface area (Å²) >= 11 is 1.23. The Morgan fingerprint density at radius 1 is 1.21 bits per heavy atom. The van der Waals surface area contributed by atoms with Crippen LogP contribution in [-0.2, 0) is 4.79 Å². The molecule has 0 spiro atoms. The van der Waals surface area contributed by atoms with E-state index in [0.717, 1.165) is 35.3 Å². The summed E-state index contributed by atoms with van der Waals surface area (Å²) in [7, 11) is 0. The van der Waals surface area contributed by atoms with Gasteiger partial charge in [0.15, 0.2) is 0 Å². The molecule has 0 saturated heterocycles. The van der Waals surface area contributed by atoms with E-state index in [2.05, 4.69) is 26.7 Å². The number of carbonyl (C=O) groups is 1. The monoisotopic (exact) mass is 397 g/mol. The van der Waals surface area contributed by atoms with E-state index in [1.54, 1.807) is 6.20 Å². The average Bonchev–Trinajstić information content (AvgIpc) is 3.40. The number of aromatic nitrogens is 4. The predicted octanol–water partition coefficient (Wildman–Crippen LogP) is 4.40. The lowest BCUT2D eigenvalue weighted by atomic mass is 10.1. The number of benzene rings is 1. The SMILES string of the molecule is Cc1cc(C)cc(-c2nnc(SCC(=O)Nc3ccnn3C3CCCC3)o2)c1. The molecule has 1 aliphatic rings. The van der Waals surface area contributed by atoms with E-state index in [0.29, 0.717) is 17.2 Å². The predicted molar refractivity (Wildman–Crippen MR) is 108 cm³/mol. The second-order valence-corrected chi connectivity index (χ2v) is 8.11. The molecule has 0 unspecified atom stereocenters. The molecule has 7 nitrogen and oxygen atoms in total. The molecule has 1 saturated carbocycles. The number of nitrogens with one attached hydrogen (secondary N) is 1. The van der Waals surface area contributed by atoms with Crippen molar-refractivity contribution >= 4 is 23.5 Å². The van der Waals surface area contributed by atoms with Gasteiger partial charge in [0.1, 0.15) is 5.82 Å². The topological polar surface area (TPSA) is 85.8 Å². The standard InChI is InChI=1S/C20H23N5O2S/c1-13-9-14(2)11-15(10-13)19-23-24-20(27-19)28-12-18(26)22-17-7-8-21-25(17)16-5-3-4-6-16/h7-11,16H,3-6,12H2,1-2H3,(H,22,26). The number of nitrogens with zero attached hydrogens (tertiary/aromatic N) is 4. The summed E-state index contributed by atoms with van der Waals surface area (Å²) in [6, 6.07) is 8.33. The van der Waals surface area contributed by atoms with Gasteiger partial charge in [0.25, 0.3) is 5.22 Å². The number of anilines is 1. The summed E-state index contributed by atoms with van der Waals surface area (Å²) in [5.41, 5.74) is 3.17. The largest absolute Gasteiger partial charge is 0.411 e. The van der Waals surface area contributed by atoms with Gasteiger partial charge in [-0.15, -0.1) is 10.2 Å². The first-order valence-electron chi connectivity index (χ1n) is 9.47. The minimum absolute atomic E-state index is 0.115. The number of rotatable bonds is 6. The van der Waals surface area contributed by atoms with Crippen LogP contribution in [0.25, 0.3) is 11.5 Å². The van der Waals surface area contributed by atoms with Crippen LogP contribution in [0.5, 0.6) is 0 Å². The van der Waals surface area contributed by atoms with E-state index >= 15 is 0 Å². The van der Waals surface area contributed by atoms with Crippen LogP contribution in [0.3, 0.4) is 0 Å². The Bertz CT molecular complexity index is 954. The van der Waals surface area contributed by atoms with Gasteiger partial charge in [0.05, 0.1) is 18.0 Å². The molecule has 8 heteroatoms. The molecule has 146 valence electrons. The third-order valence-corrected chi connectivity index (χ3v) is 5.63.